The third-order valence-corrected chi connectivity index (χ3v) is 3.29. The number of nitrogens with one attached hydrogen (secondary N) is 2. The summed E-state index contributed by atoms with van der Waals surface area (Å²) in [7, 11) is 1.59. The number of ether oxygens (including phenoxy) is 1. The summed E-state index contributed by atoms with van der Waals surface area (Å²) in [6, 6.07) is 7.03. The first-order valence-corrected chi connectivity index (χ1v) is 7.42. The molecule has 0 aliphatic carbocycles. The smallest absolute Gasteiger partial charge is 0.309 e. The van der Waals surface area contributed by atoms with Gasteiger partial charge >= 0.3 is 11.8 Å². The van der Waals surface area contributed by atoms with Crippen molar-refractivity contribution in [1.29, 1.82) is 0 Å². The molecule has 0 saturated heterocycles. The second kappa shape index (κ2) is 9.78. The summed E-state index contributed by atoms with van der Waals surface area (Å²) in [5.41, 5.74) is 0.893. The maximum Gasteiger partial charge on any atom is 0.309 e. The van der Waals surface area contributed by atoms with Crippen LogP contribution in [0.1, 0.15) is 37.8 Å². The van der Waals surface area contributed by atoms with Gasteiger partial charge in [0.2, 0.25) is 0 Å². The maximum absolute atomic E-state index is 11.8. The lowest BCUT2D eigenvalue weighted by Gasteiger charge is -2.14. The number of aliphatic hydroxyl groups excluding tert-OH is 1. The van der Waals surface area contributed by atoms with Gasteiger partial charge in [-0.3, -0.25) is 9.59 Å². The first-order chi connectivity index (χ1) is 10.6. The Morgan fingerprint density at radius 1 is 1.14 bits per heavy atom. The van der Waals surface area contributed by atoms with Gasteiger partial charge < -0.3 is 20.5 Å². The van der Waals surface area contributed by atoms with Crippen LogP contribution in [0, 0.1) is 0 Å². The highest BCUT2D eigenvalue weighted by atomic mass is 16.5. The van der Waals surface area contributed by atoms with E-state index in [0.717, 1.165) is 24.2 Å². The minimum Gasteiger partial charge on any atom is -0.497 e. The summed E-state index contributed by atoms with van der Waals surface area (Å²) < 4.78 is 5.07. The minimum atomic E-state index is -0.648. The fraction of sp³-hybridized carbons (Fsp3) is 0.500. The van der Waals surface area contributed by atoms with E-state index < -0.39 is 11.8 Å². The van der Waals surface area contributed by atoms with Crippen molar-refractivity contribution in [2.75, 3.05) is 20.3 Å². The number of rotatable bonds is 8. The highest BCUT2D eigenvalue weighted by Crippen LogP contribution is 2.16. The van der Waals surface area contributed by atoms with E-state index in [1.807, 2.05) is 19.1 Å². The van der Waals surface area contributed by atoms with Crippen LogP contribution in [0.15, 0.2) is 24.3 Å². The lowest BCUT2D eigenvalue weighted by molar-refractivity contribution is -0.139. The first-order valence-electron chi connectivity index (χ1n) is 7.42. The largest absolute Gasteiger partial charge is 0.497 e. The highest BCUT2D eigenvalue weighted by molar-refractivity contribution is 6.35. The second-order valence-electron chi connectivity index (χ2n) is 5.01. The van der Waals surface area contributed by atoms with Gasteiger partial charge in [-0.2, -0.15) is 0 Å². The quantitative estimate of drug-likeness (QED) is 0.496. The van der Waals surface area contributed by atoms with Crippen molar-refractivity contribution in [3.8, 4) is 5.75 Å². The highest BCUT2D eigenvalue weighted by Gasteiger charge is 2.16. The zero-order valence-corrected chi connectivity index (χ0v) is 13.1. The summed E-state index contributed by atoms with van der Waals surface area (Å²) in [5, 5.41) is 13.9. The van der Waals surface area contributed by atoms with Gasteiger partial charge in [0.15, 0.2) is 0 Å². The van der Waals surface area contributed by atoms with E-state index in [9.17, 15) is 9.59 Å². The molecule has 0 radical (unpaired) electrons. The zero-order chi connectivity index (χ0) is 16.4. The van der Waals surface area contributed by atoms with E-state index in [-0.39, 0.29) is 12.6 Å². The topological polar surface area (TPSA) is 87.7 Å². The van der Waals surface area contributed by atoms with E-state index >= 15 is 0 Å². The number of aliphatic hydroxyl groups is 1. The number of methoxy groups -OCH3 is 1. The Hall–Kier alpha value is -2.08. The van der Waals surface area contributed by atoms with E-state index in [4.69, 9.17) is 9.84 Å². The van der Waals surface area contributed by atoms with Gasteiger partial charge in [0, 0.05) is 13.2 Å². The summed E-state index contributed by atoms with van der Waals surface area (Å²) in [4.78, 5) is 23.4. The van der Waals surface area contributed by atoms with Crippen LogP contribution in [-0.4, -0.2) is 37.2 Å². The number of amides is 2. The van der Waals surface area contributed by atoms with E-state index in [1.165, 1.54) is 0 Å². The average Bonchev–Trinajstić information content (AvgIpc) is 2.54. The van der Waals surface area contributed by atoms with Crippen molar-refractivity contribution in [2.24, 2.45) is 0 Å². The Balaban J connectivity index is 2.37. The number of carbonyl (C=O) groups excluding carboxylic acids is 2. The number of benzene rings is 1. The molecule has 0 bridgehead atoms. The van der Waals surface area contributed by atoms with Gasteiger partial charge in [-0.1, -0.05) is 12.1 Å². The van der Waals surface area contributed by atoms with Gasteiger partial charge in [0.25, 0.3) is 0 Å². The number of hydrogen-bond donors (Lipinski definition) is 3. The molecule has 0 aromatic heterocycles. The van der Waals surface area contributed by atoms with Crippen molar-refractivity contribution in [3.05, 3.63) is 29.8 Å². The lowest BCUT2D eigenvalue weighted by Crippen LogP contribution is -2.41. The molecule has 1 aromatic rings. The van der Waals surface area contributed by atoms with Crippen LogP contribution in [0.2, 0.25) is 0 Å². The zero-order valence-electron chi connectivity index (χ0n) is 13.1. The molecule has 2 amide bonds. The molecule has 3 N–H and O–H groups in total. The number of carbonyl (C=O) groups is 2. The van der Waals surface area contributed by atoms with Gasteiger partial charge in [-0.05, 0) is 43.9 Å². The van der Waals surface area contributed by atoms with Gasteiger partial charge in [-0.15, -0.1) is 0 Å². The van der Waals surface area contributed by atoms with E-state index in [2.05, 4.69) is 10.6 Å². The Kier molecular flexibility index (Phi) is 7.99. The molecule has 1 aromatic carbocycles. The van der Waals surface area contributed by atoms with E-state index in [1.54, 1.807) is 19.2 Å². The minimum absolute atomic E-state index is 0.147. The van der Waals surface area contributed by atoms with Crippen LogP contribution < -0.4 is 15.4 Å². The van der Waals surface area contributed by atoms with Gasteiger partial charge in [0.1, 0.15) is 5.75 Å². The first kappa shape index (κ1) is 18.0. The summed E-state index contributed by atoms with van der Waals surface area (Å²) in [5.74, 6) is -0.544. The monoisotopic (exact) mass is 308 g/mol. The summed E-state index contributed by atoms with van der Waals surface area (Å²) in [6.45, 7) is 2.39. The third-order valence-electron chi connectivity index (χ3n) is 3.29. The van der Waals surface area contributed by atoms with E-state index in [0.29, 0.717) is 13.0 Å². The molecule has 0 aliphatic heterocycles. The molecule has 0 spiro atoms. The molecule has 22 heavy (non-hydrogen) atoms. The summed E-state index contributed by atoms with van der Waals surface area (Å²) >= 11 is 0. The normalized spacial score (nSPS) is 11.6. The Bertz CT molecular complexity index is 474. The molecule has 122 valence electrons. The molecule has 0 aliphatic rings. The van der Waals surface area contributed by atoms with Crippen molar-refractivity contribution < 1.29 is 19.4 Å². The molecular formula is C16H24N2O4. The summed E-state index contributed by atoms with van der Waals surface area (Å²) in [6.07, 6.45) is 2.27. The molecule has 0 fully saturated rings. The molecular weight excluding hydrogens is 284 g/mol. The van der Waals surface area contributed by atoms with Crippen molar-refractivity contribution in [1.82, 2.24) is 10.6 Å². The Morgan fingerprint density at radius 3 is 2.41 bits per heavy atom. The third kappa shape index (κ3) is 6.13. The molecule has 0 heterocycles. The predicted octanol–water partition coefficient (Wildman–Crippen LogP) is 1.15. The lowest BCUT2D eigenvalue weighted by atomic mass is 10.1. The Labute approximate surface area is 130 Å². The molecule has 1 unspecified atom stereocenters. The SMILES string of the molecule is COc1ccc(C(C)NC(=O)C(=O)NCCCCCO)cc1. The number of hydrogen-bond acceptors (Lipinski definition) is 4. The maximum atomic E-state index is 11.8. The van der Waals surface area contributed by atoms with Crippen molar-refractivity contribution >= 4 is 11.8 Å². The fourth-order valence-corrected chi connectivity index (χ4v) is 1.93. The second-order valence-corrected chi connectivity index (χ2v) is 5.01. The van der Waals surface area contributed by atoms with Crippen LogP contribution in [-0.2, 0) is 9.59 Å². The van der Waals surface area contributed by atoms with Crippen LogP contribution in [0.25, 0.3) is 0 Å². The average molecular weight is 308 g/mol. The molecule has 6 heteroatoms. The fourth-order valence-electron chi connectivity index (χ4n) is 1.93. The number of unbranched alkanes of at least 4 members (excludes halogenated alkanes) is 2. The van der Waals surface area contributed by atoms with Crippen molar-refractivity contribution in [3.63, 3.8) is 0 Å². The van der Waals surface area contributed by atoms with Crippen LogP contribution in [0.4, 0.5) is 0 Å². The van der Waals surface area contributed by atoms with Crippen molar-refractivity contribution in [2.45, 2.75) is 32.2 Å². The van der Waals surface area contributed by atoms with Crippen LogP contribution >= 0.6 is 0 Å². The Morgan fingerprint density at radius 2 is 1.82 bits per heavy atom. The molecule has 0 saturated carbocycles. The predicted molar refractivity (Wildman–Crippen MR) is 83.5 cm³/mol. The standard InChI is InChI=1S/C16H24N2O4/c1-12(13-6-8-14(22-2)9-7-13)18-16(21)15(20)17-10-4-3-5-11-19/h6-9,12,19H,3-5,10-11H2,1-2H3,(H,17,20)(H,18,21). The van der Waals surface area contributed by atoms with Gasteiger partial charge in [-0.25, -0.2) is 0 Å². The van der Waals surface area contributed by atoms with Crippen LogP contribution in [0.5, 0.6) is 5.75 Å². The molecule has 1 atom stereocenters. The molecule has 1 rings (SSSR count). The molecule has 6 nitrogen and oxygen atoms in total. The van der Waals surface area contributed by atoms with Gasteiger partial charge in [0.05, 0.1) is 13.2 Å². The van der Waals surface area contributed by atoms with Crippen LogP contribution in [0.3, 0.4) is 0 Å².